The molecule has 7 heteroatoms. The topological polar surface area (TPSA) is 84.3 Å². The summed E-state index contributed by atoms with van der Waals surface area (Å²) in [6.07, 6.45) is 1.97. The summed E-state index contributed by atoms with van der Waals surface area (Å²) >= 11 is 0. The Labute approximate surface area is 145 Å². The Kier molecular flexibility index (Phi) is 4.92. The van der Waals surface area contributed by atoms with Crippen LogP contribution in [-0.4, -0.2) is 46.1 Å². The molecule has 1 N–H and O–H groups in total. The second-order valence-corrected chi connectivity index (χ2v) is 6.02. The van der Waals surface area contributed by atoms with Gasteiger partial charge in [0.2, 0.25) is 11.3 Å². The highest BCUT2D eigenvalue weighted by atomic mass is 16.2. The minimum Gasteiger partial charge on any atom is -0.341 e. The van der Waals surface area contributed by atoms with Gasteiger partial charge in [0.15, 0.2) is 5.69 Å². The fourth-order valence-corrected chi connectivity index (χ4v) is 2.85. The third kappa shape index (κ3) is 3.76. The first kappa shape index (κ1) is 16.9. The van der Waals surface area contributed by atoms with Gasteiger partial charge in [-0.25, -0.2) is 4.68 Å². The molecule has 0 unspecified atom stereocenters. The third-order valence-corrected chi connectivity index (χ3v) is 4.18. The molecule has 2 aromatic rings. The number of likely N-dealkylation sites (tertiary alicyclic amines) is 1. The van der Waals surface area contributed by atoms with Gasteiger partial charge in [-0.15, -0.1) is 0 Å². The van der Waals surface area contributed by atoms with Crippen LogP contribution in [0, 0.1) is 6.92 Å². The van der Waals surface area contributed by atoms with Crippen molar-refractivity contribution in [3.05, 3.63) is 58.0 Å². The second kappa shape index (κ2) is 7.29. The second-order valence-electron chi connectivity index (χ2n) is 6.02. The van der Waals surface area contributed by atoms with Crippen LogP contribution in [0.2, 0.25) is 0 Å². The van der Waals surface area contributed by atoms with Crippen molar-refractivity contribution in [3.63, 3.8) is 0 Å². The Bertz CT molecular complexity index is 839. The molecular formula is C18H20N4O3. The van der Waals surface area contributed by atoms with Crippen molar-refractivity contribution < 1.29 is 9.59 Å². The van der Waals surface area contributed by atoms with Crippen molar-refractivity contribution in [2.45, 2.75) is 19.8 Å². The molecule has 2 amide bonds. The van der Waals surface area contributed by atoms with E-state index in [0.29, 0.717) is 5.69 Å². The normalized spacial score (nSPS) is 13.7. The number of hydrogen-bond donors (Lipinski definition) is 1. The highest BCUT2D eigenvalue weighted by Crippen LogP contribution is 2.08. The van der Waals surface area contributed by atoms with E-state index in [9.17, 15) is 14.4 Å². The monoisotopic (exact) mass is 340 g/mol. The van der Waals surface area contributed by atoms with E-state index in [1.807, 2.05) is 30.3 Å². The van der Waals surface area contributed by atoms with E-state index >= 15 is 0 Å². The lowest BCUT2D eigenvalue weighted by Gasteiger charge is -2.15. The largest absolute Gasteiger partial charge is 0.341 e. The summed E-state index contributed by atoms with van der Waals surface area (Å²) in [5.74, 6) is -0.774. The van der Waals surface area contributed by atoms with Crippen LogP contribution in [0.15, 0.2) is 41.2 Å². The zero-order chi connectivity index (χ0) is 17.8. The number of benzene rings is 1. The van der Waals surface area contributed by atoms with E-state index in [1.54, 1.807) is 16.5 Å². The number of aryl methyl sites for hydroxylation is 1. The van der Waals surface area contributed by atoms with E-state index in [1.165, 1.54) is 6.07 Å². The van der Waals surface area contributed by atoms with Gasteiger partial charge in [0.1, 0.15) is 0 Å². The van der Waals surface area contributed by atoms with Gasteiger partial charge in [-0.05, 0) is 31.9 Å². The summed E-state index contributed by atoms with van der Waals surface area (Å²) in [6, 6.07) is 10.6. The van der Waals surface area contributed by atoms with E-state index in [0.717, 1.165) is 31.6 Å². The number of aromatic nitrogens is 2. The number of carbonyl (C=O) groups is 2. The molecule has 3 rings (SSSR count). The van der Waals surface area contributed by atoms with Crippen LogP contribution in [-0.2, 0) is 4.79 Å². The lowest BCUT2D eigenvalue weighted by Crippen LogP contribution is -2.40. The van der Waals surface area contributed by atoms with Crippen molar-refractivity contribution in [1.82, 2.24) is 20.0 Å². The van der Waals surface area contributed by atoms with Gasteiger partial charge >= 0.3 is 0 Å². The van der Waals surface area contributed by atoms with Gasteiger partial charge in [0, 0.05) is 24.8 Å². The molecular weight excluding hydrogens is 320 g/mol. The average Bonchev–Trinajstić information content (AvgIpc) is 3.15. The Morgan fingerprint density at radius 1 is 1.16 bits per heavy atom. The minimum absolute atomic E-state index is 0.126. The fraction of sp³-hybridized carbons (Fsp3) is 0.333. The van der Waals surface area contributed by atoms with Crippen molar-refractivity contribution in [2.75, 3.05) is 19.6 Å². The highest BCUT2D eigenvalue weighted by molar-refractivity contribution is 5.94. The number of para-hydroxylation sites is 1. The number of hydrogen-bond acceptors (Lipinski definition) is 4. The first-order chi connectivity index (χ1) is 12.1. The summed E-state index contributed by atoms with van der Waals surface area (Å²) in [5, 5.41) is 6.69. The van der Waals surface area contributed by atoms with Gasteiger partial charge in [0.05, 0.1) is 12.2 Å². The predicted octanol–water partition coefficient (Wildman–Crippen LogP) is 0.893. The van der Waals surface area contributed by atoms with Crippen molar-refractivity contribution in [1.29, 1.82) is 0 Å². The van der Waals surface area contributed by atoms with Crippen LogP contribution in [0.3, 0.4) is 0 Å². The van der Waals surface area contributed by atoms with Crippen LogP contribution in [0.25, 0.3) is 5.69 Å². The Morgan fingerprint density at radius 2 is 1.84 bits per heavy atom. The first-order valence-corrected chi connectivity index (χ1v) is 8.28. The highest BCUT2D eigenvalue weighted by Gasteiger charge is 2.20. The SMILES string of the molecule is Cc1cc(=O)c(C(=O)NCC(=O)N2CCCC2)nn1-c1ccccc1. The summed E-state index contributed by atoms with van der Waals surface area (Å²) in [4.78, 5) is 38.2. The van der Waals surface area contributed by atoms with Gasteiger partial charge in [-0.1, -0.05) is 18.2 Å². The lowest BCUT2D eigenvalue weighted by atomic mass is 10.2. The van der Waals surface area contributed by atoms with Crippen molar-refractivity contribution >= 4 is 11.8 Å². The maximum Gasteiger partial charge on any atom is 0.276 e. The Morgan fingerprint density at radius 3 is 2.52 bits per heavy atom. The number of rotatable bonds is 4. The molecule has 1 saturated heterocycles. The molecule has 1 aromatic heterocycles. The molecule has 7 nitrogen and oxygen atoms in total. The van der Waals surface area contributed by atoms with E-state index in [-0.39, 0.29) is 18.1 Å². The van der Waals surface area contributed by atoms with Gasteiger partial charge in [0.25, 0.3) is 5.91 Å². The van der Waals surface area contributed by atoms with Crippen LogP contribution in [0.5, 0.6) is 0 Å². The van der Waals surface area contributed by atoms with Crippen LogP contribution in [0.4, 0.5) is 0 Å². The number of amides is 2. The summed E-state index contributed by atoms with van der Waals surface area (Å²) in [5.41, 5.74) is 0.697. The molecule has 130 valence electrons. The number of carbonyl (C=O) groups excluding carboxylic acids is 2. The molecule has 0 radical (unpaired) electrons. The van der Waals surface area contributed by atoms with Gasteiger partial charge < -0.3 is 10.2 Å². The minimum atomic E-state index is -0.637. The van der Waals surface area contributed by atoms with E-state index < -0.39 is 11.3 Å². The van der Waals surface area contributed by atoms with Crippen LogP contribution in [0.1, 0.15) is 29.0 Å². The van der Waals surface area contributed by atoms with Gasteiger partial charge in [-0.3, -0.25) is 14.4 Å². The predicted molar refractivity (Wildman–Crippen MR) is 92.7 cm³/mol. The first-order valence-electron chi connectivity index (χ1n) is 8.28. The zero-order valence-electron chi connectivity index (χ0n) is 14.1. The molecule has 1 aromatic carbocycles. The molecule has 0 spiro atoms. The average molecular weight is 340 g/mol. The summed E-state index contributed by atoms with van der Waals surface area (Å²) in [6.45, 7) is 3.07. The third-order valence-electron chi connectivity index (χ3n) is 4.18. The number of nitrogens with one attached hydrogen (secondary N) is 1. The lowest BCUT2D eigenvalue weighted by molar-refractivity contribution is -0.129. The van der Waals surface area contributed by atoms with Crippen LogP contribution >= 0.6 is 0 Å². The fourth-order valence-electron chi connectivity index (χ4n) is 2.85. The van der Waals surface area contributed by atoms with Crippen molar-refractivity contribution in [3.8, 4) is 5.69 Å². The summed E-state index contributed by atoms with van der Waals surface area (Å²) < 4.78 is 1.54. The smallest absolute Gasteiger partial charge is 0.276 e. The Balaban J connectivity index is 1.78. The van der Waals surface area contributed by atoms with Gasteiger partial charge in [-0.2, -0.15) is 5.10 Å². The molecule has 2 heterocycles. The molecule has 1 aliphatic heterocycles. The molecule has 0 bridgehead atoms. The molecule has 0 atom stereocenters. The van der Waals surface area contributed by atoms with E-state index in [2.05, 4.69) is 10.4 Å². The van der Waals surface area contributed by atoms with Crippen molar-refractivity contribution in [2.24, 2.45) is 0 Å². The standard InChI is InChI=1S/C18H20N4O3/c1-13-11-15(23)17(20-22(13)14-7-3-2-4-8-14)18(25)19-12-16(24)21-9-5-6-10-21/h2-4,7-8,11H,5-6,9-10,12H2,1H3,(H,19,25). The zero-order valence-corrected chi connectivity index (χ0v) is 14.1. The molecule has 25 heavy (non-hydrogen) atoms. The summed E-state index contributed by atoms with van der Waals surface area (Å²) in [7, 11) is 0. The number of nitrogens with zero attached hydrogens (tertiary/aromatic N) is 3. The molecule has 1 aliphatic rings. The molecule has 1 fully saturated rings. The molecule has 0 aliphatic carbocycles. The quantitative estimate of drug-likeness (QED) is 0.896. The maximum absolute atomic E-state index is 12.3. The Hall–Kier alpha value is -2.96. The van der Waals surface area contributed by atoms with E-state index in [4.69, 9.17) is 0 Å². The maximum atomic E-state index is 12.3. The van der Waals surface area contributed by atoms with Crippen LogP contribution < -0.4 is 10.7 Å². The molecule has 0 saturated carbocycles.